The largest absolute Gasteiger partial charge is 0.462 e. The number of halogens is 4. The summed E-state index contributed by atoms with van der Waals surface area (Å²) in [5.74, 6) is -2.28. The number of nitrogens with one attached hydrogen (secondary N) is 1. The van der Waals surface area contributed by atoms with Crippen molar-refractivity contribution in [2.24, 2.45) is 5.73 Å². The minimum Gasteiger partial charge on any atom is -0.462 e. The molecule has 30 heavy (non-hydrogen) atoms. The fraction of sp³-hybridized carbons (Fsp3) is 0.412. The van der Waals surface area contributed by atoms with Gasteiger partial charge in [-0.1, -0.05) is 6.92 Å². The monoisotopic (exact) mass is 510 g/mol. The Bertz CT molecular complexity index is 1000. The molecule has 13 heteroatoms. The van der Waals surface area contributed by atoms with Crippen LogP contribution in [0.3, 0.4) is 0 Å². The van der Waals surface area contributed by atoms with E-state index < -0.39 is 36.2 Å². The minimum atomic E-state index is -4.69. The number of esters is 1. The fourth-order valence-electron chi connectivity index (χ4n) is 2.51. The van der Waals surface area contributed by atoms with E-state index in [9.17, 15) is 27.6 Å². The number of alkyl halides is 3. The number of ether oxygens (including phenoxy) is 1. The Morgan fingerprint density at radius 2 is 1.93 bits per heavy atom. The summed E-state index contributed by atoms with van der Waals surface area (Å²) >= 11 is 3.62. The number of thiophene rings is 1. The van der Waals surface area contributed by atoms with Gasteiger partial charge in [0.05, 0.1) is 27.2 Å². The lowest BCUT2D eigenvalue weighted by Gasteiger charge is -2.08. The topological polar surface area (TPSA) is 116 Å². The molecule has 2 aromatic rings. The number of nitrogens with two attached hydrogens (primary N) is 1. The summed E-state index contributed by atoms with van der Waals surface area (Å²) in [7, 11) is 0. The third-order valence-corrected chi connectivity index (χ3v) is 6.13. The SMILES string of the molecule is CCCOC(=O)c1c(NC(=O)Cn2nc(C(F)(F)F)c(Br)c2C)sc(C(N)=O)c1C. The maximum atomic E-state index is 13.0. The summed E-state index contributed by atoms with van der Waals surface area (Å²) in [5, 5.41) is 5.89. The smallest absolute Gasteiger partial charge is 0.436 e. The molecule has 0 aliphatic heterocycles. The molecule has 0 unspecified atom stereocenters. The molecule has 0 radical (unpaired) electrons. The molecule has 0 saturated heterocycles. The Hall–Kier alpha value is -2.41. The summed E-state index contributed by atoms with van der Waals surface area (Å²) in [6.07, 6.45) is -4.13. The lowest BCUT2D eigenvalue weighted by Crippen LogP contribution is -2.21. The van der Waals surface area contributed by atoms with Crippen molar-refractivity contribution in [1.82, 2.24) is 9.78 Å². The van der Waals surface area contributed by atoms with Crippen LogP contribution in [0, 0.1) is 13.8 Å². The molecule has 0 bridgehead atoms. The van der Waals surface area contributed by atoms with E-state index in [2.05, 4.69) is 26.3 Å². The van der Waals surface area contributed by atoms with Crippen molar-refractivity contribution in [3.63, 3.8) is 0 Å². The zero-order valence-corrected chi connectivity index (χ0v) is 18.5. The number of nitrogens with zero attached hydrogens (tertiary/aromatic N) is 2. The first-order valence-corrected chi connectivity index (χ1v) is 10.2. The molecule has 0 atom stereocenters. The quantitative estimate of drug-likeness (QED) is 0.551. The number of anilines is 1. The molecule has 0 fully saturated rings. The molecule has 2 heterocycles. The molecule has 2 aromatic heterocycles. The highest BCUT2D eigenvalue weighted by Gasteiger charge is 2.38. The number of hydrogen-bond acceptors (Lipinski definition) is 6. The van der Waals surface area contributed by atoms with Gasteiger partial charge in [-0.2, -0.15) is 18.3 Å². The van der Waals surface area contributed by atoms with Gasteiger partial charge in [0, 0.05) is 0 Å². The first kappa shape index (κ1) is 23.9. The summed E-state index contributed by atoms with van der Waals surface area (Å²) in [4.78, 5) is 36.5. The maximum absolute atomic E-state index is 13.0. The second-order valence-electron chi connectivity index (χ2n) is 6.21. The van der Waals surface area contributed by atoms with Crippen LogP contribution in [0.1, 0.15) is 50.3 Å². The molecule has 2 rings (SSSR count). The van der Waals surface area contributed by atoms with Crippen LogP contribution in [0.25, 0.3) is 0 Å². The van der Waals surface area contributed by atoms with Gasteiger partial charge in [-0.25, -0.2) is 4.79 Å². The predicted octanol–water partition coefficient (Wildman–Crippen LogP) is 3.65. The van der Waals surface area contributed by atoms with Crippen molar-refractivity contribution >= 4 is 50.1 Å². The zero-order chi connectivity index (χ0) is 22.8. The van der Waals surface area contributed by atoms with E-state index in [0.29, 0.717) is 6.42 Å². The molecule has 0 spiro atoms. The normalized spacial score (nSPS) is 11.4. The zero-order valence-electron chi connectivity index (χ0n) is 16.1. The second kappa shape index (κ2) is 9.16. The molecule has 0 aromatic carbocycles. The average Bonchev–Trinajstić information content (AvgIpc) is 3.11. The number of primary amides is 1. The van der Waals surface area contributed by atoms with E-state index in [-0.39, 0.29) is 37.8 Å². The molecular formula is C17H18BrF3N4O4S. The van der Waals surface area contributed by atoms with Crippen molar-refractivity contribution in [2.45, 2.75) is 39.9 Å². The minimum absolute atomic E-state index is 0.0207. The van der Waals surface area contributed by atoms with Crippen LogP contribution in [0.4, 0.5) is 18.2 Å². The van der Waals surface area contributed by atoms with Gasteiger partial charge in [0.25, 0.3) is 5.91 Å². The number of carbonyl (C=O) groups is 3. The standard InChI is InChI=1S/C17H18BrF3N4O4S/c1-4-5-29-16(28)10-7(2)12(14(22)27)30-15(10)23-9(26)6-25-8(3)11(18)13(24-25)17(19,20)21/h4-6H2,1-3H3,(H2,22,27)(H,23,26). The molecule has 0 aliphatic rings. The van der Waals surface area contributed by atoms with E-state index in [0.717, 1.165) is 16.0 Å². The first-order chi connectivity index (χ1) is 13.9. The van der Waals surface area contributed by atoms with Crippen LogP contribution in [-0.2, 0) is 22.3 Å². The number of aromatic nitrogens is 2. The van der Waals surface area contributed by atoms with E-state index in [1.807, 2.05) is 0 Å². The Morgan fingerprint density at radius 1 is 1.30 bits per heavy atom. The highest BCUT2D eigenvalue weighted by molar-refractivity contribution is 9.10. The summed E-state index contributed by atoms with van der Waals surface area (Å²) < 4.78 is 44.7. The number of rotatable bonds is 7. The molecule has 0 saturated carbocycles. The Kier molecular flexibility index (Phi) is 7.29. The van der Waals surface area contributed by atoms with Crippen molar-refractivity contribution in [3.05, 3.63) is 31.9 Å². The van der Waals surface area contributed by atoms with E-state index >= 15 is 0 Å². The van der Waals surface area contributed by atoms with Gasteiger partial charge in [0.15, 0.2) is 5.69 Å². The highest BCUT2D eigenvalue weighted by Crippen LogP contribution is 2.36. The molecule has 164 valence electrons. The Morgan fingerprint density at radius 3 is 2.43 bits per heavy atom. The van der Waals surface area contributed by atoms with Gasteiger partial charge in [-0.05, 0) is 41.8 Å². The summed E-state index contributed by atoms with van der Waals surface area (Å²) in [6.45, 7) is 4.23. The van der Waals surface area contributed by atoms with Gasteiger partial charge in [-0.15, -0.1) is 11.3 Å². The van der Waals surface area contributed by atoms with Gasteiger partial charge in [0.1, 0.15) is 11.5 Å². The molecule has 0 aliphatic carbocycles. The average molecular weight is 511 g/mol. The number of hydrogen-bond donors (Lipinski definition) is 2. The third kappa shape index (κ3) is 5.01. The van der Waals surface area contributed by atoms with Gasteiger partial charge < -0.3 is 15.8 Å². The van der Waals surface area contributed by atoms with Gasteiger partial charge >= 0.3 is 12.1 Å². The maximum Gasteiger partial charge on any atom is 0.436 e. The molecule has 3 N–H and O–H groups in total. The highest BCUT2D eigenvalue weighted by atomic mass is 79.9. The van der Waals surface area contributed by atoms with Crippen LogP contribution in [-0.4, -0.2) is 34.2 Å². The number of carbonyl (C=O) groups excluding carboxylic acids is 3. The van der Waals surface area contributed by atoms with Crippen molar-refractivity contribution in [2.75, 3.05) is 11.9 Å². The van der Waals surface area contributed by atoms with E-state index in [4.69, 9.17) is 10.5 Å². The summed E-state index contributed by atoms with van der Waals surface area (Å²) in [5.41, 5.74) is 4.48. The van der Waals surface area contributed by atoms with Crippen molar-refractivity contribution in [3.8, 4) is 0 Å². The van der Waals surface area contributed by atoms with E-state index in [1.165, 1.54) is 13.8 Å². The lowest BCUT2D eigenvalue weighted by molar-refractivity contribution is -0.142. The van der Waals surface area contributed by atoms with Crippen LogP contribution in [0.15, 0.2) is 4.47 Å². The van der Waals surface area contributed by atoms with Crippen LogP contribution >= 0.6 is 27.3 Å². The third-order valence-electron chi connectivity index (χ3n) is 3.96. The van der Waals surface area contributed by atoms with Gasteiger partial charge in [0.2, 0.25) is 5.91 Å². The number of amides is 2. The lowest BCUT2D eigenvalue weighted by atomic mass is 10.1. The van der Waals surface area contributed by atoms with E-state index in [1.54, 1.807) is 6.92 Å². The first-order valence-electron chi connectivity index (χ1n) is 8.58. The van der Waals surface area contributed by atoms with Crippen LogP contribution in [0.5, 0.6) is 0 Å². The van der Waals surface area contributed by atoms with Crippen molar-refractivity contribution in [1.29, 1.82) is 0 Å². The summed E-state index contributed by atoms with van der Waals surface area (Å²) in [6, 6.07) is 0. The van der Waals surface area contributed by atoms with Crippen LogP contribution < -0.4 is 11.1 Å². The predicted molar refractivity (Wildman–Crippen MR) is 106 cm³/mol. The Labute approximate surface area is 181 Å². The Balaban J connectivity index is 2.32. The van der Waals surface area contributed by atoms with Crippen molar-refractivity contribution < 1.29 is 32.3 Å². The second-order valence-corrected chi connectivity index (χ2v) is 8.03. The van der Waals surface area contributed by atoms with Gasteiger partial charge in [-0.3, -0.25) is 14.3 Å². The fourth-order valence-corrected chi connectivity index (χ4v) is 4.08. The molecule has 8 nitrogen and oxygen atoms in total. The molecule has 2 amide bonds. The molecular weight excluding hydrogens is 493 g/mol. The van der Waals surface area contributed by atoms with Crippen LogP contribution in [0.2, 0.25) is 0 Å².